The summed E-state index contributed by atoms with van der Waals surface area (Å²) in [7, 11) is 0. The average Bonchev–Trinajstić information content (AvgIpc) is 2.45. The van der Waals surface area contributed by atoms with Gasteiger partial charge in [0.2, 0.25) is 0 Å². The van der Waals surface area contributed by atoms with Crippen LogP contribution >= 0.6 is 0 Å². The van der Waals surface area contributed by atoms with E-state index in [9.17, 15) is 0 Å². The van der Waals surface area contributed by atoms with E-state index in [1.807, 2.05) is 0 Å². The maximum atomic E-state index is 5.31. The van der Waals surface area contributed by atoms with Crippen LogP contribution in [0.4, 0.5) is 0 Å². The lowest BCUT2D eigenvalue weighted by molar-refractivity contribution is -0.113. The third kappa shape index (κ3) is 8.93. The third-order valence-electron chi connectivity index (χ3n) is 4.13. The van der Waals surface area contributed by atoms with Crippen LogP contribution in [0.15, 0.2) is 0 Å². The van der Waals surface area contributed by atoms with Gasteiger partial charge in [0, 0.05) is 6.54 Å². The van der Waals surface area contributed by atoms with Gasteiger partial charge in [0.05, 0.1) is 19.3 Å². The molecule has 0 aromatic rings. The minimum Gasteiger partial charge on any atom is -0.354 e. The van der Waals surface area contributed by atoms with Crippen molar-refractivity contribution in [1.29, 1.82) is 0 Å². The SMILES string of the molecule is CCCCCCCCCC(C)(C)CNC1COCOC1. The molecule has 1 rings (SSSR count). The van der Waals surface area contributed by atoms with Crippen molar-refractivity contribution in [3.63, 3.8) is 0 Å². The van der Waals surface area contributed by atoms with Crippen molar-refractivity contribution in [3.8, 4) is 0 Å². The maximum absolute atomic E-state index is 5.31. The third-order valence-corrected chi connectivity index (χ3v) is 4.13. The zero-order valence-electron chi connectivity index (χ0n) is 13.9. The zero-order valence-corrected chi connectivity index (χ0v) is 13.9. The molecule has 0 radical (unpaired) electrons. The fraction of sp³-hybridized carbons (Fsp3) is 1.00. The van der Waals surface area contributed by atoms with E-state index in [4.69, 9.17) is 9.47 Å². The Bertz CT molecular complexity index is 225. The monoisotopic (exact) mass is 285 g/mol. The predicted octanol–water partition coefficient (Wildman–Crippen LogP) is 4.12. The Hall–Kier alpha value is -0.120. The highest BCUT2D eigenvalue weighted by Crippen LogP contribution is 2.23. The highest BCUT2D eigenvalue weighted by molar-refractivity contribution is 4.76. The molecule has 1 heterocycles. The van der Waals surface area contributed by atoms with Crippen LogP contribution in [0, 0.1) is 5.41 Å². The summed E-state index contributed by atoms with van der Waals surface area (Å²) >= 11 is 0. The first-order valence-corrected chi connectivity index (χ1v) is 8.53. The van der Waals surface area contributed by atoms with Crippen LogP contribution in [-0.2, 0) is 9.47 Å². The molecule has 1 aliphatic heterocycles. The maximum Gasteiger partial charge on any atom is 0.146 e. The molecular formula is C17H35NO2. The van der Waals surface area contributed by atoms with Crippen molar-refractivity contribution in [1.82, 2.24) is 5.32 Å². The van der Waals surface area contributed by atoms with Crippen molar-refractivity contribution in [3.05, 3.63) is 0 Å². The Morgan fingerprint density at radius 2 is 1.55 bits per heavy atom. The predicted molar refractivity (Wildman–Crippen MR) is 85.0 cm³/mol. The molecule has 0 unspecified atom stereocenters. The second kappa shape index (κ2) is 10.6. The molecule has 20 heavy (non-hydrogen) atoms. The van der Waals surface area contributed by atoms with Crippen LogP contribution in [-0.4, -0.2) is 32.6 Å². The van der Waals surface area contributed by atoms with Crippen molar-refractivity contribution in [2.24, 2.45) is 5.41 Å². The molecule has 0 aliphatic carbocycles. The minimum absolute atomic E-state index is 0.372. The number of nitrogens with one attached hydrogen (secondary N) is 1. The van der Waals surface area contributed by atoms with Gasteiger partial charge in [-0.2, -0.15) is 0 Å². The molecule has 0 spiro atoms. The number of rotatable bonds is 11. The molecule has 3 heteroatoms. The van der Waals surface area contributed by atoms with Gasteiger partial charge in [0.15, 0.2) is 0 Å². The average molecular weight is 285 g/mol. The van der Waals surface area contributed by atoms with Crippen LogP contribution in [0.5, 0.6) is 0 Å². The van der Waals surface area contributed by atoms with E-state index >= 15 is 0 Å². The highest BCUT2D eigenvalue weighted by atomic mass is 16.7. The van der Waals surface area contributed by atoms with Gasteiger partial charge in [-0.25, -0.2) is 0 Å². The molecule has 0 atom stereocenters. The van der Waals surface area contributed by atoms with E-state index in [1.165, 1.54) is 51.4 Å². The summed E-state index contributed by atoms with van der Waals surface area (Å²) in [5.41, 5.74) is 0.376. The molecule has 0 saturated carbocycles. The molecule has 120 valence electrons. The number of ether oxygens (including phenoxy) is 2. The van der Waals surface area contributed by atoms with E-state index in [2.05, 4.69) is 26.1 Å². The topological polar surface area (TPSA) is 30.5 Å². The summed E-state index contributed by atoms with van der Waals surface area (Å²) in [4.78, 5) is 0. The normalized spacial score (nSPS) is 17.6. The molecule has 0 bridgehead atoms. The number of hydrogen-bond donors (Lipinski definition) is 1. The van der Waals surface area contributed by atoms with Crippen LogP contribution < -0.4 is 5.32 Å². The lowest BCUT2D eigenvalue weighted by Gasteiger charge is -2.30. The minimum atomic E-state index is 0.372. The van der Waals surface area contributed by atoms with Crippen LogP contribution in [0.25, 0.3) is 0 Å². The fourth-order valence-electron chi connectivity index (χ4n) is 2.68. The van der Waals surface area contributed by atoms with E-state index in [0.29, 0.717) is 18.2 Å². The van der Waals surface area contributed by atoms with Crippen molar-refractivity contribution in [2.45, 2.75) is 78.2 Å². The highest BCUT2D eigenvalue weighted by Gasteiger charge is 2.20. The molecule has 0 aromatic heterocycles. The Labute approximate surface area is 125 Å². The quantitative estimate of drug-likeness (QED) is 0.579. The van der Waals surface area contributed by atoms with Crippen molar-refractivity contribution < 1.29 is 9.47 Å². The lowest BCUT2D eigenvalue weighted by atomic mass is 9.86. The molecule has 1 fully saturated rings. The summed E-state index contributed by atoms with van der Waals surface area (Å²) in [6.07, 6.45) is 11.1. The van der Waals surface area contributed by atoms with Gasteiger partial charge in [0.1, 0.15) is 6.79 Å². The summed E-state index contributed by atoms with van der Waals surface area (Å²) in [6, 6.07) is 0.372. The Balaban J connectivity index is 1.99. The Morgan fingerprint density at radius 1 is 0.950 bits per heavy atom. The van der Waals surface area contributed by atoms with E-state index in [-0.39, 0.29) is 0 Å². The number of hydrogen-bond acceptors (Lipinski definition) is 3. The first kappa shape index (κ1) is 17.9. The van der Waals surface area contributed by atoms with Gasteiger partial charge in [-0.05, 0) is 11.8 Å². The van der Waals surface area contributed by atoms with Crippen molar-refractivity contribution >= 4 is 0 Å². The van der Waals surface area contributed by atoms with E-state index in [0.717, 1.165) is 19.8 Å². The van der Waals surface area contributed by atoms with Crippen LogP contribution in [0.3, 0.4) is 0 Å². The van der Waals surface area contributed by atoms with Gasteiger partial charge in [-0.1, -0.05) is 65.7 Å². The summed E-state index contributed by atoms with van der Waals surface area (Å²) in [5, 5.41) is 3.58. The van der Waals surface area contributed by atoms with Crippen LogP contribution in [0.1, 0.15) is 72.1 Å². The van der Waals surface area contributed by atoms with Gasteiger partial charge in [0.25, 0.3) is 0 Å². The van der Waals surface area contributed by atoms with Crippen molar-refractivity contribution in [2.75, 3.05) is 26.6 Å². The fourth-order valence-corrected chi connectivity index (χ4v) is 2.68. The van der Waals surface area contributed by atoms with Gasteiger partial charge in [-0.15, -0.1) is 0 Å². The standard InChI is InChI=1S/C17H35NO2/c1-4-5-6-7-8-9-10-11-17(2,3)14-18-16-12-19-15-20-13-16/h16,18H,4-15H2,1-3H3. The molecule has 3 nitrogen and oxygen atoms in total. The molecule has 1 saturated heterocycles. The largest absolute Gasteiger partial charge is 0.354 e. The Kier molecular flexibility index (Phi) is 9.49. The zero-order chi connectivity index (χ0) is 14.7. The first-order valence-electron chi connectivity index (χ1n) is 8.53. The van der Waals surface area contributed by atoms with Gasteiger partial charge < -0.3 is 14.8 Å². The molecule has 0 aromatic carbocycles. The lowest BCUT2D eigenvalue weighted by Crippen LogP contribution is -2.45. The van der Waals surface area contributed by atoms with Gasteiger partial charge in [-0.3, -0.25) is 0 Å². The molecule has 1 N–H and O–H groups in total. The Morgan fingerprint density at radius 3 is 2.20 bits per heavy atom. The first-order chi connectivity index (χ1) is 9.64. The summed E-state index contributed by atoms with van der Waals surface area (Å²) in [6.45, 7) is 10.1. The molecule has 1 aliphatic rings. The van der Waals surface area contributed by atoms with E-state index < -0.39 is 0 Å². The number of unbranched alkanes of at least 4 members (excludes halogenated alkanes) is 6. The smallest absolute Gasteiger partial charge is 0.146 e. The molecule has 0 amide bonds. The molecular weight excluding hydrogens is 250 g/mol. The second-order valence-corrected chi connectivity index (χ2v) is 6.97. The van der Waals surface area contributed by atoms with Crippen LogP contribution in [0.2, 0.25) is 0 Å². The van der Waals surface area contributed by atoms with Gasteiger partial charge >= 0.3 is 0 Å². The second-order valence-electron chi connectivity index (χ2n) is 6.97. The summed E-state index contributed by atoms with van der Waals surface area (Å²) < 4.78 is 10.6. The van der Waals surface area contributed by atoms with E-state index in [1.54, 1.807) is 0 Å². The summed E-state index contributed by atoms with van der Waals surface area (Å²) in [5.74, 6) is 0.